The average molecular weight is 439 g/mol. The van der Waals surface area contributed by atoms with Crippen molar-refractivity contribution in [2.75, 3.05) is 31.1 Å². The minimum atomic E-state index is -1.35. The number of ether oxygens (including phenoxy) is 1. The van der Waals surface area contributed by atoms with E-state index in [-0.39, 0.29) is 24.0 Å². The number of benzene rings is 1. The molecule has 0 unspecified atom stereocenters. The summed E-state index contributed by atoms with van der Waals surface area (Å²) in [4.78, 5) is 32.7. The van der Waals surface area contributed by atoms with E-state index >= 15 is 0 Å². The first kappa shape index (κ1) is 22.1. The van der Waals surface area contributed by atoms with Crippen molar-refractivity contribution < 1.29 is 19.4 Å². The summed E-state index contributed by atoms with van der Waals surface area (Å²) in [6, 6.07) is 11.2. The van der Waals surface area contributed by atoms with E-state index in [1.807, 2.05) is 30.5 Å². The molecule has 0 atom stereocenters. The van der Waals surface area contributed by atoms with Crippen LogP contribution in [0.4, 0.5) is 5.69 Å². The molecule has 1 aromatic carbocycles. The highest BCUT2D eigenvalue weighted by Crippen LogP contribution is 2.22. The fraction of sp³-hybridized carbons (Fsp3) is 0.458. The van der Waals surface area contributed by atoms with Gasteiger partial charge in [0, 0.05) is 50.8 Å². The van der Waals surface area contributed by atoms with Crippen LogP contribution < -0.4 is 15.0 Å². The summed E-state index contributed by atoms with van der Waals surface area (Å²) in [6.07, 6.45) is 5.00. The van der Waals surface area contributed by atoms with Crippen LogP contribution in [-0.2, 0) is 4.79 Å². The summed E-state index contributed by atoms with van der Waals surface area (Å²) in [5, 5.41) is 13.0. The lowest BCUT2D eigenvalue weighted by atomic mass is 10.0. The number of nitrogens with one attached hydrogen (secondary N) is 1. The van der Waals surface area contributed by atoms with Gasteiger partial charge in [0.15, 0.2) is 0 Å². The van der Waals surface area contributed by atoms with Gasteiger partial charge in [-0.1, -0.05) is 0 Å². The first-order valence-corrected chi connectivity index (χ1v) is 11.0. The second-order valence-corrected chi connectivity index (χ2v) is 8.98. The monoisotopic (exact) mass is 438 g/mol. The number of rotatable bonds is 6. The topological polar surface area (TPSA) is 95.0 Å². The maximum atomic E-state index is 12.5. The lowest BCUT2D eigenvalue weighted by Gasteiger charge is -2.41. The van der Waals surface area contributed by atoms with Crippen LogP contribution in [0.1, 0.15) is 37.0 Å². The minimum Gasteiger partial charge on any atom is -0.490 e. The van der Waals surface area contributed by atoms with Crippen LogP contribution in [0.3, 0.4) is 0 Å². The molecular formula is C24H30N4O4. The lowest BCUT2D eigenvalue weighted by molar-refractivity contribution is -0.149. The summed E-state index contributed by atoms with van der Waals surface area (Å²) in [5.41, 5.74) is 0.318. The normalized spacial score (nSPS) is 17.6. The quantitative estimate of drug-likeness (QED) is 0.715. The highest BCUT2D eigenvalue weighted by Gasteiger charge is 2.32. The van der Waals surface area contributed by atoms with Crippen molar-refractivity contribution in [1.29, 1.82) is 0 Å². The Labute approximate surface area is 188 Å². The van der Waals surface area contributed by atoms with Crippen molar-refractivity contribution in [1.82, 2.24) is 15.2 Å². The molecule has 8 heteroatoms. The summed E-state index contributed by atoms with van der Waals surface area (Å²) in [5.74, 6) is 0.368. The van der Waals surface area contributed by atoms with Crippen molar-refractivity contribution in [3.8, 4) is 5.75 Å². The molecule has 2 aliphatic heterocycles. The van der Waals surface area contributed by atoms with Crippen molar-refractivity contribution >= 4 is 17.5 Å². The zero-order valence-corrected chi connectivity index (χ0v) is 18.5. The zero-order valence-electron chi connectivity index (χ0n) is 18.5. The molecule has 0 saturated carbocycles. The second kappa shape index (κ2) is 9.16. The van der Waals surface area contributed by atoms with Crippen LogP contribution in [0.25, 0.3) is 0 Å². The molecule has 32 heavy (non-hydrogen) atoms. The van der Waals surface area contributed by atoms with Gasteiger partial charge in [0.05, 0.1) is 17.9 Å². The SMILES string of the molecule is CC(C)(O)C(=O)N1CCC(Oc2ccc(C(=O)NC3CN(c4cccnc4)C3)cc2)CC1. The van der Waals surface area contributed by atoms with Crippen molar-refractivity contribution in [2.45, 2.75) is 44.4 Å². The molecule has 170 valence electrons. The maximum Gasteiger partial charge on any atom is 0.253 e. The summed E-state index contributed by atoms with van der Waals surface area (Å²) in [7, 11) is 0. The third kappa shape index (κ3) is 5.19. The molecule has 2 aliphatic rings. The Morgan fingerprint density at radius 1 is 1.12 bits per heavy atom. The van der Waals surface area contributed by atoms with Gasteiger partial charge < -0.3 is 25.0 Å². The van der Waals surface area contributed by atoms with Gasteiger partial charge in [-0.3, -0.25) is 14.6 Å². The van der Waals surface area contributed by atoms with E-state index in [9.17, 15) is 14.7 Å². The van der Waals surface area contributed by atoms with Gasteiger partial charge in [0.1, 0.15) is 17.5 Å². The Bertz CT molecular complexity index is 929. The predicted molar refractivity (Wildman–Crippen MR) is 121 cm³/mol. The summed E-state index contributed by atoms with van der Waals surface area (Å²) < 4.78 is 6.04. The van der Waals surface area contributed by atoms with E-state index in [1.165, 1.54) is 13.8 Å². The lowest BCUT2D eigenvalue weighted by Crippen LogP contribution is -2.59. The van der Waals surface area contributed by atoms with Crippen LogP contribution in [0.5, 0.6) is 5.75 Å². The molecule has 8 nitrogen and oxygen atoms in total. The standard InChI is InChI=1S/C24H30N4O4/c1-24(2,31)23(30)27-12-9-21(10-13-27)32-20-7-5-17(6-8-20)22(29)26-18-15-28(16-18)19-4-3-11-25-14-19/h3-8,11,14,18,21,31H,9-10,12-13,15-16H2,1-2H3,(H,26,29). The number of nitrogens with zero attached hydrogens (tertiary/aromatic N) is 3. The number of hydrogen-bond donors (Lipinski definition) is 2. The van der Waals surface area contributed by atoms with E-state index in [0.717, 1.165) is 18.8 Å². The Kier molecular flexibility index (Phi) is 6.32. The van der Waals surface area contributed by atoms with E-state index in [2.05, 4.69) is 15.2 Å². The number of carbonyl (C=O) groups is 2. The van der Waals surface area contributed by atoms with Gasteiger partial charge in [-0.15, -0.1) is 0 Å². The number of piperidine rings is 1. The summed E-state index contributed by atoms with van der Waals surface area (Å²) in [6.45, 7) is 5.69. The first-order valence-electron chi connectivity index (χ1n) is 11.0. The molecule has 3 heterocycles. The van der Waals surface area contributed by atoms with Gasteiger partial charge in [-0.05, 0) is 50.2 Å². The number of amides is 2. The van der Waals surface area contributed by atoms with Crippen LogP contribution in [0.2, 0.25) is 0 Å². The van der Waals surface area contributed by atoms with Gasteiger partial charge in [0.25, 0.3) is 11.8 Å². The number of aliphatic hydroxyl groups is 1. The number of anilines is 1. The molecule has 0 bridgehead atoms. The Hall–Kier alpha value is -3.13. The van der Waals surface area contributed by atoms with E-state index in [4.69, 9.17) is 4.74 Å². The number of aromatic nitrogens is 1. The third-order valence-corrected chi connectivity index (χ3v) is 5.90. The maximum absolute atomic E-state index is 12.5. The fourth-order valence-corrected chi connectivity index (χ4v) is 4.03. The highest BCUT2D eigenvalue weighted by atomic mass is 16.5. The number of hydrogen-bond acceptors (Lipinski definition) is 6. The van der Waals surface area contributed by atoms with Crippen LogP contribution in [0, 0.1) is 0 Å². The average Bonchev–Trinajstić information content (AvgIpc) is 2.76. The molecule has 4 rings (SSSR count). The second-order valence-electron chi connectivity index (χ2n) is 8.98. The molecule has 2 saturated heterocycles. The van der Waals surface area contributed by atoms with Gasteiger partial charge in [-0.2, -0.15) is 0 Å². The molecule has 0 aliphatic carbocycles. The molecule has 2 fully saturated rings. The van der Waals surface area contributed by atoms with E-state index in [0.29, 0.717) is 37.2 Å². The minimum absolute atomic E-state index is 0.00830. The van der Waals surface area contributed by atoms with Crippen LogP contribution >= 0.6 is 0 Å². The van der Waals surface area contributed by atoms with Gasteiger partial charge in [-0.25, -0.2) is 0 Å². The number of likely N-dealkylation sites (tertiary alicyclic amines) is 1. The van der Waals surface area contributed by atoms with Crippen molar-refractivity contribution in [2.24, 2.45) is 0 Å². The van der Waals surface area contributed by atoms with Gasteiger partial charge in [0.2, 0.25) is 0 Å². The molecule has 2 aromatic rings. The Morgan fingerprint density at radius 2 is 1.81 bits per heavy atom. The van der Waals surface area contributed by atoms with Gasteiger partial charge >= 0.3 is 0 Å². The summed E-state index contributed by atoms with van der Waals surface area (Å²) >= 11 is 0. The molecule has 0 spiro atoms. The predicted octanol–water partition coefficient (Wildman–Crippen LogP) is 1.84. The smallest absolute Gasteiger partial charge is 0.253 e. The Morgan fingerprint density at radius 3 is 2.41 bits per heavy atom. The first-order chi connectivity index (χ1) is 15.3. The highest BCUT2D eigenvalue weighted by molar-refractivity contribution is 5.94. The van der Waals surface area contributed by atoms with E-state index < -0.39 is 5.60 Å². The Balaban J connectivity index is 1.22. The van der Waals surface area contributed by atoms with Crippen molar-refractivity contribution in [3.05, 3.63) is 54.4 Å². The fourth-order valence-electron chi connectivity index (χ4n) is 4.03. The van der Waals surface area contributed by atoms with E-state index in [1.54, 1.807) is 23.2 Å². The molecular weight excluding hydrogens is 408 g/mol. The largest absolute Gasteiger partial charge is 0.490 e. The number of pyridine rings is 1. The van der Waals surface area contributed by atoms with Crippen LogP contribution in [0.15, 0.2) is 48.8 Å². The molecule has 1 aromatic heterocycles. The molecule has 2 amide bonds. The number of carbonyl (C=O) groups excluding carboxylic acids is 2. The molecule has 0 radical (unpaired) electrons. The van der Waals surface area contributed by atoms with Crippen molar-refractivity contribution in [3.63, 3.8) is 0 Å². The molecule has 2 N–H and O–H groups in total. The zero-order chi connectivity index (χ0) is 22.7. The third-order valence-electron chi connectivity index (χ3n) is 5.90. The van der Waals surface area contributed by atoms with Crippen LogP contribution in [-0.4, -0.2) is 70.7 Å².